The molecule has 0 spiro atoms. The van der Waals surface area contributed by atoms with Gasteiger partial charge in [0.05, 0.1) is 49.7 Å². The van der Waals surface area contributed by atoms with Crippen LogP contribution in [-0.4, -0.2) is 88.3 Å². The molecule has 0 aliphatic carbocycles. The van der Waals surface area contributed by atoms with Crippen molar-refractivity contribution in [2.45, 2.75) is 145 Å². The molecule has 0 radical (unpaired) electrons. The summed E-state index contributed by atoms with van der Waals surface area (Å²) in [5.41, 5.74) is 31.6. The third kappa shape index (κ3) is 24.8. The highest BCUT2D eigenvalue weighted by molar-refractivity contribution is 6.35. The number of nitrogens with zero attached hydrogens (tertiary/aromatic N) is 9. The second-order valence-electron chi connectivity index (χ2n) is 22.0. The van der Waals surface area contributed by atoms with E-state index in [0.717, 1.165) is 73.6 Å². The Morgan fingerprint density at radius 1 is 0.467 bits per heavy atom. The number of ether oxygens (including phenoxy) is 4. The predicted molar refractivity (Wildman–Crippen MR) is 375 cm³/mol. The van der Waals surface area contributed by atoms with E-state index in [-0.39, 0.29) is 5.91 Å². The van der Waals surface area contributed by atoms with E-state index in [1.54, 1.807) is 39.8 Å². The van der Waals surface area contributed by atoms with E-state index in [9.17, 15) is 4.79 Å². The van der Waals surface area contributed by atoms with Gasteiger partial charge in [-0.3, -0.25) is 19.7 Å². The molecule has 9 rings (SSSR count). The molecule has 0 bridgehead atoms. The number of amides is 1. The monoisotopic (exact) mass is 1270 g/mol. The number of aryl methyl sites for hydroxylation is 14. The molecule has 90 heavy (non-hydrogen) atoms. The first kappa shape index (κ1) is 77.6. The van der Waals surface area contributed by atoms with E-state index in [1.165, 1.54) is 80.7 Å². The maximum Gasteiger partial charge on any atom is 0.319 e. The number of para-hydroxylation sites is 1. The van der Waals surface area contributed by atoms with Crippen molar-refractivity contribution in [3.63, 3.8) is 0 Å². The van der Waals surface area contributed by atoms with Gasteiger partial charge >= 0.3 is 6.01 Å². The molecule has 0 aliphatic heterocycles. The zero-order chi connectivity index (χ0) is 68.4. The van der Waals surface area contributed by atoms with E-state index in [4.69, 9.17) is 47.9 Å². The summed E-state index contributed by atoms with van der Waals surface area (Å²) in [5.74, 6) is 2.60. The molecule has 484 valence electrons. The molecule has 0 atom stereocenters. The molecule has 0 saturated carbocycles. The third-order valence-electron chi connectivity index (χ3n) is 14.7. The standard InChI is InChI=1S/C13H16N2.C11H15NO.2C9H13N.C8H12N2O2.C8H12N2.C8H11NO2.C6H5Cl2N/c1-9-6-5-7-11-12(15(3)4)8-10(2)14-13(9)11;1-7-5-11(12-10(4)13)6-8(2)9(7)3;1-6-5-7(2)10-9(4)8(6)3;1-6-4-9(10)5-7(2)8(6)3;1-5-6(2)9-8(12-4)10-7(5)11-3;1-5-6(2)9-8(4)10-7(5)3;1-6-4-5-7(10-2)9-8(6)11-3;1-4-5(7)2-9-3-6(4)8/h5-8H,1-4H3;5-6H,1-4H3,(H,12,13);5H,1-4H3;4-5H,10H2,1-3H3;1-4H3;1-4H3;4-5H,1-3H3;2-3H,1H3. The highest BCUT2D eigenvalue weighted by atomic mass is 35.5. The molecule has 0 unspecified atom stereocenters. The summed E-state index contributed by atoms with van der Waals surface area (Å²) in [6.45, 7) is 42.0. The smallest absolute Gasteiger partial charge is 0.319 e. The Kier molecular flexibility index (Phi) is 32.4. The van der Waals surface area contributed by atoms with Gasteiger partial charge in [-0.05, 0) is 242 Å². The highest BCUT2D eigenvalue weighted by Gasteiger charge is 2.10. The summed E-state index contributed by atoms with van der Waals surface area (Å²) in [6, 6.07) is 22.6. The van der Waals surface area contributed by atoms with Gasteiger partial charge in [-0.1, -0.05) is 41.4 Å². The highest BCUT2D eigenvalue weighted by Crippen LogP contribution is 2.28. The van der Waals surface area contributed by atoms with E-state index >= 15 is 0 Å². The van der Waals surface area contributed by atoms with Gasteiger partial charge in [0, 0.05) is 102 Å². The molecule has 9 aromatic rings. The van der Waals surface area contributed by atoms with Crippen LogP contribution in [0.4, 0.5) is 17.1 Å². The number of fused-ring (bicyclic) bond motifs is 1. The van der Waals surface area contributed by atoms with Crippen LogP contribution in [0.3, 0.4) is 0 Å². The van der Waals surface area contributed by atoms with E-state index in [2.05, 4.69) is 150 Å². The lowest BCUT2D eigenvalue weighted by atomic mass is 10.0. The van der Waals surface area contributed by atoms with Crippen molar-refractivity contribution in [3.05, 3.63) is 201 Å². The lowest BCUT2D eigenvalue weighted by Crippen LogP contribution is -2.10. The van der Waals surface area contributed by atoms with Crippen molar-refractivity contribution < 1.29 is 23.7 Å². The maximum absolute atomic E-state index is 10.8. The zero-order valence-electron chi connectivity index (χ0n) is 58.4. The lowest BCUT2D eigenvalue weighted by molar-refractivity contribution is -0.114. The van der Waals surface area contributed by atoms with Crippen molar-refractivity contribution in [2.75, 3.05) is 58.5 Å². The van der Waals surface area contributed by atoms with Gasteiger partial charge in [0.15, 0.2) is 0 Å². The fourth-order valence-corrected chi connectivity index (χ4v) is 8.80. The topological polar surface area (TPSA) is 198 Å². The van der Waals surface area contributed by atoms with Crippen LogP contribution in [0.2, 0.25) is 10.0 Å². The van der Waals surface area contributed by atoms with Crippen molar-refractivity contribution in [1.29, 1.82) is 0 Å². The van der Waals surface area contributed by atoms with Crippen molar-refractivity contribution >= 4 is 57.1 Å². The molecule has 6 heterocycles. The van der Waals surface area contributed by atoms with Gasteiger partial charge in [0.2, 0.25) is 23.5 Å². The summed E-state index contributed by atoms with van der Waals surface area (Å²) >= 11 is 11.3. The van der Waals surface area contributed by atoms with Crippen LogP contribution in [0.15, 0.2) is 79.1 Å². The van der Waals surface area contributed by atoms with Gasteiger partial charge in [-0.2, -0.15) is 9.97 Å². The number of anilines is 3. The second-order valence-corrected chi connectivity index (χ2v) is 22.9. The minimum atomic E-state index is -0.0253. The first-order valence-electron chi connectivity index (χ1n) is 29.3. The molecule has 0 fully saturated rings. The fraction of sp³-hybridized carbons (Fsp3) is 0.375. The van der Waals surface area contributed by atoms with E-state index < -0.39 is 0 Å². The van der Waals surface area contributed by atoms with Gasteiger partial charge in [0.1, 0.15) is 5.82 Å². The third-order valence-corrected chi connectivity index (χ3v) is 15.5. The van der Waals surface area contributed by atoms with Gasteiger partial charge in [-0.15, -0.1) is 0 Å². The van der Waals surface area contributed by atoms with Crippen LogP contribution in [0.1, 0.15) is 119 Å². The first-order valence-corrected chi connectivity index (χ1v) is 30.0. The summed E-state index contributed by atoms with van der Waals surface area (Å²) in [6.07, 6.45) is 3.14. The molecule has 3 aromatic carbocycles. The SMILES string of the molecule is CC(=O)Nc1cc(C)c(C)c(C)c1.COc1ccc(C)c(OC)n1.COc1nc(C)c(C)c(OC)n1.Cc1c(Cl)cncc1Cl.Cc1cc(C)c(C)c(C)n1.Cc1cc(N(C)C)c2cccc(C)c2n1.Cc1cc(N)cc(C)c1C.Cc1nc(C)c(C)c(C)n1. The number of hydrogen-bond acceptors (Lipinski definition) is 15. The Balaban J connectivity index is 0.000000352. The number of nitrogen functional groups attached to an aromatic ring is 1. The minimum Gasteiger partial charge on any atom is -0.481 e. The number of pyridine rings is 4. The minimum absolute atomic E-state index is 0.0253. The normalized spacial score (nSPS) is 9.92. The van der Waals surface area contributed by atoms with Crippen molar-refractivity contribution in [1.82, 2.24) is 39.9 Å². The lowest BCUT2D eigenvalue weighted by Gasteiger charge is -2.16. The number of methoxy groups -OCH3 is 4. The Hall–Kier alpha value is -8.47. The van der Waals surface area contributed by atoms with Crippen molar-refractivity contribution in [2.24, 2.45) is 0 Å². The number of carbonyl (C=O) groups excluding carboxylic acids is 1. The average molecular weight is 1270 g/mol. The van der Waals surface area contributed by atoms with Gasteiger partial charge < -0.3 is 34.9 Å². The van der Waals surface area contributed by atoms with Crippen LogP contribution >= 0.6 is 23.2 Å². The molecule has 3 N–H and O–H groups in total. The number of benzene rings is 3. The molecule has 18 heteroatoms. The number of halogens is 2. The largest absolute Gasteiger partial charge is 0.481 e. The summed E-state index contributed by atoms with van der Waals surface area (Å²) in [7, 11) is 10.4. The Morgan fingerprint density at radius 3 is 1.42 bits per heavy atom. The molecule has 16 nitrogen and oxygen atoms in total. The number of rotatable bonds is 6. The maximum atomic E-state index is 10.8. The summed E-state index contributed by atoms with van der Waals surface area (Å²) in [4.78, 5) is 46.3. The number of nitrogens with two attached hydrogens (primary N) is 1. The predicted octanol–water partition coefficient (Wildman–Crippen LogP) is 16.9. The van der Waals surface area contributed by atoms with Crippen LogP contribution in [-0.2, 0) is 4.79 Å². The number of aromatic nitrogens is 8. The van der Waals surface area contributed by atoms with Crippen LogP contribution in [0, 0.1) is 138 Å². The van der Waals surface area contributed by atoms with Gasteiger partial charge in [-0.25, -0.2) is 15.0 Å². The Morgan fingerprint density at radius 2 is 0.956 bits per heavy atom. The number of hydrogen-bond donors (Lipinski definition) is 2. The fourth-order valence-electron chi connectivity index (χ4n) is 8.43. The quantitative estimate of drug-likeness (QED) is 0.149. The molecular weight excluding hydrogens is 1170 g/mol. The zero-order valence-corrected chi connectivity index (χ0v) is 59.9. The van der Waals surface area contributed by atoms with Crippen LogP contribution < -0.4 is 34.9 Å². The van der Waals surface area contributed by atoms with Crippen LogP contribution in [0.5, 0.6) is 23.7 Å². The summed E-state index contributed by atoms with van der Waals surface area (Å²) < 4.78 is 19.8. The second kappa shape index (κ2) is 37.5. The number of carbonyl (C=O) groups is 1. The van der Waals surface area contributed by atoms with Crippen molar-refractivity contribution in [3.8, 4) is 23.7 Å². The molecule has 0 saturated heterocycles. The Bertz CT molecular complexity index is 3590. The molecule has 6 aromatic heterocycles. The van der Waals surface area contributed by atoms with Gasteiger partial charge in [0.25, 0.3) is 0 Å². The molecule has 0 aliphatic rings. The van der Waals surface area contributed by atoms with E-state index in [1.807, 2.05) is 113 Å². The molecular formula is C72H97Cl2N11O5. The average Bonchev–Trinajstić information content (AvgIpc) is 1.01. The molecule has 1 amide bonds. The number of nitrogens with one attached hydrogen (secondary N) is 1. The van der Waals surface area contributed by atoms with Crippen LogP contribution in [0.25, 0.3) is 10.9 Å². The Labute approximate surface area is 546 Å². The first-order chi connectivity index (χ1) is 42.1. The summed E-state index contributed by atoms with van der Waals surface area (Å²) in [5, 5.41) is 5.23. The van der Waals surface area contributed by atoms with E-state index in [0.29, 0.717) is 33.7 Å².